The van der Waals surface area contributed by atoms with E-state index in [1.807, 2.05) is 12.1 Å². The summed E-state index contributed by atoms with van der Waals surface area (Å²) in [5, 5.41) is 11.1. The van der Waals surface area contributed by atoms with Gasteiger partial charge in [0.25, 0.3) is 0 Å². The summed E-state index contributed by atoms with van der Waals surface area (Å²) in [7, 11) is 0. The summed E-state index contributed by atoms with van der Waals surface area (Å²) in [4.78, 5) is 11.8. The highest BCUT2D eigenvalue weighted by Crippen LogP contribution is 2.23. The Labute approximate surface area is 130 Å². The quantitative estimate of drug-likeness (QED) is 0.518. The number of hydrogen-bond acceptors (Lipinski definition) is 4. The van der Waals surface area contributed by atoms with E-state index in [4.69, 9.17) is 17.0 Å². The number of carbonyl (C=O) groups excluding carboxylic acids is 1. The first-order valence-corrected chi connectivity index (χ1v) is 7.71. The second-order valence-corrected chi connectivity index (χ2v) is 5.43. The topological polar surface area (TPSA) is 50.9 Å². The Hall–Kier alpha value is -1.40. The molecule has 0 saturated carbocycles. The van der Waals surface area contributed by atoms with Gasteiger partial charge < -0.3 is 9.84 Å². The number of ether oxygens (including phenoxy) is 1. The van der Waals surface area contributed by atoms with Crippen LogP contribution in [0.5, 0.6) is 5.88 Å². The zero-order valence-corrected chi connectivity index (χ0v) is 13.3. The Kier molecular flexibility index (Phi) is 4.77. The summed E-state index contributed by atoms with van der Waals surface area (Å²) in [6, 6.07) is 5.52. The fourth-order valence-electron chi connectivity index (χ4n) is 1.96. The minimum Gasteiger partial charge on any atom is -0.494 e. The molecule has 6 heteroatoms. The van der Waals surface area contributed by atoms with Crippen LogP contribution in [0.25, 0.3) is 5.52 Å². The molecule has 0 aliphatic heterocycles. The number of aromatic hydroxyl groups is 1. The second-order valence-electron chi connectivity index (χ2n) is 4.20. The van der Waals surface area contributed by atoms with Gasteiger partial charge in [-0.05, 0) is 37.1 Å². The first kappa shape index (κ1) is 15.0. The van der Waals surface area contributed by atoms with E-state index in [1.165, 1.54) is 4.40 Å². The van der Waals surface area contributed by atoms with Crippen LogP contribution in [0.15, 0.2) is 24.4 Å². The number of halogens is 1. The predicted molar refractivity (Wildman–Crippen MR) is 83.4 cm³/mol. The third-order valence-corrected chi connectivity index (χ3v) is 3.61. The van der Waals surface area contributed by atoms with Crippen LogP contribution in [0.1, 0.15) is 22.8 Å². The van der Waals surface area contributed by atoms with Gasteiger partial charge in [0.1, 0.15) is 5.56 Å². The minimum atomic E-state index is -0.603. The largest absolute Gasteiger partial charge is 0.494 e. The summed E-state index contributed by atoms with van der Waals surface area (Å²) >= 11 is 8.57. The van der Waals surface area contributed by atoms with E-state index in [-0.39, 0.29) is 22.6 Å². The lowest BCUT2D eigenvalue weighted by Crippen LogP contribution is -2.08. The van der Waals surface area contributed by atoms with E-state index in [0.29, 0.717) is 0 Å². The average Bonchev–Trinajstić information content (AvgIpc) is 2.39. The Morgan fingerprint density at radius 1 is 1.50 bits per heavy atom. The summed E-state index contributed by atoms with van der Waals surface area (Å²) in [5.41, 5.74) is 1.91. The van der Waals surface area contributed by atoms with Crippen molar-refractivity contribution in [1.82, 2.24) is 4.40 Å². The van der Waals surface area contributed by atoms with E-state index in [1.54, 1.807) is 19.2 Å². The van der Waals surface area contributed by atoms with Crippen LogP contribution in [-0.2, 0) is 11.2 Å². The molecule has 0 fully saturated rings. The zero-order valence-electron chi connectivity index (χ0n) is 10.9. The van der Waals surface area contributed by atoms with Crippen LogP contribution in [0, 0.1) is 4.51 Å². The molecular formula is C14H14BrNO3S. The van der Waals surface area contributed by atoms with Crippen molar-refractivity contribution in [2.24, 2.45) is 0 Å². The monoisotopic (exact) mass is 355 g/mol. The van der Waals surface area contributed by atoms with E-state index in [2.05, 4.69) is 15.9 Å². The van der Waals surface area contributed by atoms with Gasteiger partial charge in [-0.25, -0.2) is 4.79 Å². The maximum atomic E-state index is 11.8. The standard InChI is InChI=1S/C14H14BrNO3S/c1-2-19-14(18)12-11(20)8-10-7-9(3-5-15)4-6-16(10)13(12)17/h4,6-8,17H,2-3,5H2,1H3. The number of aryl methyl sites for hydroxylation is 1. The number of pyridine rings is 2. The van der Waals surface area contributed by atoms with Crippen molar-refractivity contribution in [3.63, 3.8) is 0 Å². The molecule has 0 aliphatic rings. The molecule has 0 amide bonds. The first-order chi connectivity index (χ1) is 9.58. The molecule has 0 atom stereocenters. The predicted octanol–water partition coefficient (Wildman–Crippen LogP) is 3.49. The molecular weight excluding hydrogens is 342 g/mol. The Balaban J connectivity index is 2.62. The molecule has 20 heavy (non-hydrogen) atoms. The Bertz CT molecular complexity index is 711. The number of hydrogen-bond donors (Lipinski definition) is 1. The van der Waals surface area contributed by atoms with Gasteiger partial charge in [-0.3, -0.25) is 4.40 Å². The maximum absolute atomic E-state index is 11.8. The highest BCUT2D eigenvalue weighted by molar-refractivity contribution is 9.09. The van der Waals surface area contributed by atoms with E-state index < -0.39 is 5.97 Å². The smallest absolute Gasteiger partial charge is 0.345 e. The maximum Gasteiger partial charge on any atom is 0.345 e. The van der Waals surface area contributed by atoms with Gasteiger partial charge in [-0.2, -0.15) is 0 Å². The van der Waals surface area contributed by atoms with Crippen LogP contribution in [0.4, 0.5) is 0 Å². The highest BCUT2D eigenvalue weighted by Gasteiger charge is 2.17. The third kappa shape index (κ3) is 2.86. The summed E-state index contributed by atoms with van der Waals surface area (Å²) in [6.07, 6.45) is 2.60. The van der Waals surface area contributed by atoms with E-state index in [9.17, 15) is 9.90 Å². The molecule has 0 unspecified atom stereocenters. The number of aromatic nitrogens is 1. The van der Waals surface area contributed by atoms with Crippen molar-refractivity contribution in [3.05, 3.63) is 40.0 Å². The minimum absolute atomic E-state index is 0.0348. The van der Waals surface area contributed by atoms with Gasteiger partial charge in [0, 0.05) is 11.5 Å². The summed E-state index contributed by atoms with van der Waals surface area (Å²) in [5.74, 6) is -0.787. The lowest BCUT2D eigenvalue weighted by atomic mass is 10.1. The Morgan fingerprint density at radius 2 is 2.25 bits per heavy atom. The van der Waals surface area contributed by atoms with Crippen LogP contribution in [0.2, 0.25) is 0 Å². The highest BCUT2D eigenvalue weighted by atomic mass is 79.9. The van der Waals surface area contributed by atoms with Crippen molar-refractivity contribution in [2.45, 2.75) is 13.3 Å². The lowest BCUT2D eigenvalue weighted by molar-refractivity contribution is 0.0521. The van der Waals surface area contributed by atoms with Crippen molar-refractivity contribution < 1.29 is 14.6 Å². The number of carbonyl (C=O) groups is 1. The Morgan fingerprint density at radius 3 is 2.90 bits per heavy atom. The molecule has 2 aromatic rings. The van der Waals surface area contributed by atoms with Gasteiger partial charge in [0.15, 0.2) is 0 Å². The lowest BCUT2D eigenvalue weighted by Gasteiger charge is -2.10. The van der Waals surface area contributed by atoms with Crippen LogP contribution < -0.4 is 0 Å². The van der Waals surface area contributed by atoms with Gasteiger partial charge in [0.05, 0.1) is 16.6 Å². The van der Waals surface area contributed by atoms with Crippen molar-refractivity contribution in [1.29, 1.82) is 0 Å². The molecule has 0 spiro atoms. The van der Waals surface area contributed by atoms with E-state index in [0.717, 1.165) is 22.8 Å². The number of nitrogens with zero attached hydrogens (tertiary/aromatic N) is 1. The molecule has 4 nitrogen and oxygen atoms in total. The average molecular weight is 356 g/mol. The normalized spacial score (nSPS) is 10.7. The molecule has 0 aromatic carbocycles. The number of esters is 1. The van der Waals surface area contributed by atoms with Crippen molar-refractivity contribution >= 4 is 39.6 Å². The molecule has 1 N–H and O–H groups in total. The van der Waals surface area contributed by atoms with Crippen LogP contribution in [0.3, 0.4) is 0 Å². The van der Waals surface area contributed by atoms with Gasteiger partial charge in [0.2, 0.25) is 5.88 Å². The summed E-state index contributed by atoms with van der Waals surface area (Å²) in [6.45, 7) is 1.94. The van der Waals surface area contributed by atoms with Gasteiger partial charge in [-0.15, -0.1) is 0 Å². The molecule has 0 saturated heterocycles. The molecule has 0 bridgehead atoms. The summed E-state index contributed by atoms with van der Waals surface area (Å²) < 4.78 is 6.73. The molecule has 0 radical (unpaired) electrons. The fraction of sp³-hybridized carbons (Fsp3) is 0.286. The van der Waals surface area contributed by atoms with Gasteiger partial charge >= 0.3 is 5.97 Å². The van der Waals surface area contributed by atoms with Crippen LogP contribution in [-0.4, -0.2) is 27.4 Å². The number of rotatable bonds is 4. The van der Waals surface area contributed by atoms with Crippen molar-refractivity contribution in [3.8, 4) is 5.88 Å². The van der Waals surface area contributed by atoms with Crippen molar-refractivity contribution in [2.75, 3.05) is 11.9 Å². The zero-order chi connectivity index (χ0) is 14.7. The fourth-order valence-corrected chi connectivity index (χ4v) is 2.72. The number of alkyl halides is 1. The molecule has 2 aromatic heterocycles. The second kappa shape index (κ2) is 6.37. The first-order valence-electron chi connectivity index (χ1n) is 6.18. The SMILES string of the molecule is CCOC(=O)c1c(O)n2ccc(CCBr)cc2cc1=S. The third-order valence-electron chi connectivity index (χ3n) is 2.89. The van der Waals surface area contributed by atoms with Gasteiger partial charge in [-0.1, -0.05) is 28.1 Å². The number of fused-ring (bicyclic) bond motifs is 1. The van der Waals surface area contributed by atoms with Crippen LogP contribution >= 0.6 is 28.1 Å². The molecule has 0 aliphatic carbocycles. The van der Waals surface area contributed by atoms with E-state index >= 15 is 0 Å². The molecule has 2 rings (SSSR count). The molecule has 106 valence electrons. The molecule has 2 heterocycles.